The molecular weight excluding hydrogens is 274 g/mol. The zero-order valence-corrected chi connectivity index (χ0v) is 11.7. The third-order valence-corrected chi connectivity index (χ3v) is 2.22. The first-order chi connectivity index (χ1) is 9.20. The lowest BCUT2D eigenvalue weighted by molar-refractivity contribution is -0.300. The van der Waals surface area contributed by atoms with Crippen LogP contribution in [0.2, 0.25) is 0 Å². The van der Waals surface area contributed by atoms with Crippen LogP contribution in [0, 0.1) is 0 Å². The summed E-state index contributed by atoms with van der Waals surface area (Å²) in [7, 11) is 6.00. The van der Waals surface area contributed by atoms with Crippen LogP contribution in [-0.2, 0) is 14.3 Å². The van der Waals surface area contributed by atoms with E-state index < -0.39 is 49.9 Å². The first-order valence-electron chi connectivity index (χ1n) is 5.95. The molecule has 5 atom stereocenters. The third kappa shape index (κ3) is 6.57. The van der Waals surface area contributed by atoms with Crippen LogP contribution >= 0.6 is 0 Å². The summed E-state index contributed by atoms with van der Waals surface area (Å²) in [6, 6.07) is 0. The van der Waals surface area contributed by atoms with Crippen LogP contribution in [-0.4, -0.2) is 101 Å². The van der Waals surface area contributed by atoms with E-state index in [1.165, 1.54) is 0 Å². The van der Waals surface area contributed by atoms with Gasteiger partial charge in [0.2, 0.25) is 0 Å². The van der Waals surface area contributed by atoms with Gasteiger partial charge in [-0.3, -0.25) is 0 Å². The molecule has 1 fully saturated rings. The Bertz CT molecular complexity index is 283. The highest BCUT2D eigenvalue weighted by molar-refractivity contribution is 5.68. The molecule has 0 bridgehead atoms. The highest BCUT2D eigenvalue weighted by Gasteiger charge is 2.44. The van der Waals surface area contributed by atoms with Gasteiger partial charge < -0.3 is 39.9 Å². The summed E-state index contributed by atoms with van der Waals surface area (Å²) in [5, 5.41) is 45.3. The van der Waals surface area contributed by atoms with Crippen LogP contribution in [0.3, 0.4) is 0 Å². The van der Waals surface area contributed by atoms with Crippen molar-refractivity contribution in [2.75, 3.05) is 34.4 Å². The zero-order chi connectivity index (χ0) is 15.9. The van der Waals surface area contributed by atoms with Crippen molar-refractivity contribution in [1.29, 1.82) is 0 Å². The minimum absolute atomic E-state index is 0.585. The molecule has 9 nitrogen and oxygen atoms in total. The van der Waals surface area contributed by atoms with Crippen molar-refractivity contribution in [2.45, 2.75) is 30.7 Å². The Balaban J connectivity index is 0.000000796. The number of aliphatic hydroxyl groups excluding tert-OH is 4. The molecule has 20 heavy (non-hydrogen) atoms. The first-order valence-corrected chi connectivity index (χ1v) is 5.95. The van der Waals surface area contributed by atoms with E-state index in [0.717, 1.165) is 0 Å². The topological polar surface area (TPSA) is 140 Å². The molecule has 0 aromatic carbocycles. The molecule has 1 aliphatic rings. The lowest BCUT2D eigenvalue weighted by Crippen LogP contribution is -2.59. The number of hydrogen-bond acceptors (Lipinski definition) is 8. The van der Waals surface area contributed by atoms with Crippen LogP contribution in [0.5, 0.6) is 0 Å². The number of carboxylic acids is 1. The number of rotatable bonds is 4. The van der Waals surface area contributed by atoms with E-state index in [0.29, 0.717) is 0 Å². The number of nitrogens with zero attached hydrogens (tertiary/aromatic N) is 1. The van der Waals surface area contributed by atoms with Gasteiger partial charge in [0, 0.05) is 0 Å². The molecule has 1 heterocycles. The molecule has 9 heteroatoms. The van der Waals surface area contributed by atoms with Crippen LogP contribution in [0.25, 0.3) is 0 Å². The molecule has 1 rings (SSSR count). The Kier molecular flexibility index (Phi) is 8.81. The van der Waals surface area contributed by atoms with E-state index in [1.807, 2.05) is 26.0 Å². The Morgan fingerprint density at radius 3 is 2.05 bits per heavy atom. The average molecular weight is 297 g/mol. The van der Waals surface area contributed by atoms with Crippen molar-refractivity contribution in [2.24, 2.45) is 0 Å². The lowest BCUT2D eigenvalue weighted by Gasteiger charge is -2.39. The van der Waals surface area contributed by atoms with Crippen LogP contribution < -0.4 is 0 Å². The van der Waals surface area contributed by atoms with Gasteiger partial charge in [-0.25, -0.2) is 4.79 Å². The second-order valence-corrected chi connectivity index (χ2v) is 4.74. The van der Waals surface area contributed by atoms with Gasteiger partial charge in [0.05, 0.1) is 6.61 Å². The molecule has 0 saturated carbocycles. The Morgan fingerprint density at radius 2 is 1.65 bits per heavy atom. The van der Waals surface area contributed by atoms with E-state index >= 15 is 0 Å². The summed E-state index contributed by atoms with van der Waals surface area (Å²) in [5.41, 5.74) is 0. The van der Waals surface area contributed by atoms with Crippen LogP contribution in [0.15, 0.2) is 0 Å². The van der Waals surface area contributed by atoms with Crippen molar-refractivity contribution < 1.29 is 39.8 Å². The van der Waals surface area contributed by atoms with Crippen molar-refractivity contribution in [1.82, 2.24) is 4.90 Å². The van der Waals surface area contributed by atoms with Crippen molar-refractivity contribution >= 4 is 5.97 Å². The number of carboxylic acid groups (broad SMARTS) is 1. The van der Waals surface area contributed by atoms with E-state index in [9.17, 15) is 20.1 Å². The highest BCUT2D eigenvalue weighted by atomic mass is 16.7. The summed E-state index contributed by atoms with van der Waals surface area (Å²) in [6.07, 6.45) is -7.12. The number of ether oxygens (including phenoxy) is 2. The van der Waals surface area contributed by atoms with Gasteiger partial charge in [-0.2, -0.15) is 0 Å². The van der Waals surface area contributed by atoms with Gasteiger partial charge in [0.1, 0.15) is 31.0 Å². The van der Waals surface area contributed by atoms with Gasteiger partial charge in [0.15, 0.2) is 6.29 Å². The molecule has 0 aromatic heterocycles. The predicted octanol–water partition coefficient (Wildman–Crippen LogP) is -2.93. The summed E-state index contributed by atoms with van der Waals surface area (Å²) in [6.45, 7) is -1.30. The van der Waals surface area contributed by atoms with Crippen molar-refractivity contribution in [3.05, 3.63) is 0 Å². The third-order valence-electron chi connectivity index (χ3n) is 2.22. The smallest absolute Gasteiger partial charge is 0.329 e. The fraction of sp³-hybridized carbons (Fsp3) is 0.909. The second-order valence-electron chi connectivity index (χ2n) is 4.74. The van der Waals surface area contributed by atoms with Crippen LogP contribution in [0.1, 0.15) is 0 Å². The minimum atomic E-state index is -1.57. The molecule has 0 aromatic rings. The highest BCUT2D eigenvalue weighted by Crippen LogP contribution is 2.21. The Labute approximate surface area is 117 Å². The molecule has 0 aliphatic carbocycles. The van der Waals surface area contributed by atoms with Crippen molar-refractivity contribution in [3.8, 4) is 0 Å². The van der Waals surface area contributed by atoms with Crippen LogP contribution in [0.4, 0.5) is 0 Å². The van der Waals surface area contributed by atoms with E-state index in [2.05, 4.69) is 4.74 Å². The predicted molar refractivity (Wildman–Crippen MR) is 67.0 cm³/mol. The summed E-state index contributed by atoms with van der Waals surface area (Å²) in [5.74, 6) is -1.27. The number of aliphatic carboxylic acids is 1. The second kappa shape index (κ2) is 9.19. The van der Waals surface area contributed by atoms with Gasteiger partial charge in [-0.1, -0.05) is 0 Å². The largest absolute Gasteiger partial charge is 0.480 e. The van der Waals surface area contributed by atoms with Gasteiger partial charge in [-0.05, 0) is 21.1 Å². The number of carbonyl (C=O) groups is 1. The van der Waals surface area contributed by atoms with E-state index in [1.54, 1.807) is 0 Å². The van der Waals surface area contributed by atoms with E-state index in [-0.39, 0.29) is 0 Å². The van der Waals surface area contributed by atoms with Gasteiger partial charge >= 0.3 is 5.97 Å². The quantitative estimate of drug-likeness (QED) is 0.369. The lowest BCUT2D eigenvalue weighted by atomic mass is 9.99. The van der Waals surface area contributed by atoms with E-state index in [4.69, 9.17) is 14.9 Å². The summed E-state index contributed by atoms with van der Waals surface area (Å²) < 4.78 is 9.54. The monoisotopic (exact) mass is 297 g/mol. The molecular formula is C11H23NO8. The maximum atomic E-state index is 10.2. The van der Waals surface area contributed by atoms with Gasteiger partial charge in [0.25, 0.3) is 0 Å². The van der Waals surface area contributed by atoms with Gasteiger partial charge in [-0.15, -0.1) is 0 Å². The SMILES string of the molecule is CN(C)C.O=C(O)COC1O[C@H](CO)[C@@H](O)[C@H](O)[C@H]1O. The normalized spacial score (nSPS) is 33.5. The molecule has 1 saturated heterocycles. The molecule has 5 N–H and O–H groups in total. The molecule has 0 amide bonds. The summed E-state index contributed by atoms with van der Waals surface area (Å²) >= 11 is 0. The maximum absolute atomic E-state index is 10.2. The fourth-order valence-electron chi connectivity index (χ4n) is 1.36. The number of hydrogen-bond donors (Lipinski definition) is 5. The first kappa shape index (κ1) is 19.2. The standard InChI is InChI=1S/C8H14O8.C3H9N/c9-1-3-5(12)6(13)7(14)8(16-3)15-2-4(10)11;1-4(2)3/h3,5-9,12-14H,1-2H2,(H,10,11);1-3H3/t3-,5-,6+,7-,8?;/m1./s1. The Morgan fingerprint density at radius 1 is 1.15 bits per heavy atom. The molecule has 1 aliphatic heterocycles. The average Bonchev–Trinajstić information content (AvgIpc) is 2.34. The minimum Gasteiger partial charge on any atom is -0.480 e. The molecule has 0 spiro atoms. The fourth-order valence-corrected chi connectivity index (χ4v) is 1.36. The molecule has 1 unspecified atom stereocenters. The zero-order valence-electron chi connectivity index (χ0n) is 11.7. The molecule has 0 radical (unpaired) electrons. The Hall–Kier alpha value is -0.810. The van der Waals surface area contributed by atoms with Crippen molar-refractivity contribution in [3.63, 3.8) is 0 Å². The summed E-state index contributed by atoms with van der Waals surface area (Å²) in [4.78, 5) is 12.2. The number of aliphatic hydroxyl groups is 4. The molecule has 120 valence electrons. The maximum Gasteiger partial charge on any atom is 0.329 e.